The molecule has 35 heavy (non-hydrogen) atoms. The summed E-state index contributed by atoms with van der Waals surface area (Å²) >= 11 is 3.37. The molecule has 0 aliphatic carbocycles. The van der Waals surface area contributed by atoms with Gasteiger partial charge in [-0.05, 0) is 55.5 Å². The molecule has 9 nitrogen and oxygen atoms in total. The number of carbonyl (C=O) groups excluding carboxylic acids is 4. The lowest BCUT2D eigenvalue weighted by Gasteiger charge is -2.10. The zero-order chi connectivity index (χ0) is 25.1. The van der Waals surface area contributed by atoms with Crippen molar-refractivity contribution in [3.8, 4) is 5.75 Å². The van der Waals surface area contributed by atoms with E-state index in [9.17, 15) is 19.2 Å². The number of aryl methyl sites for hydroxylation is 1. The normalized spacial score (nSPS) is 14.3. The molecule has 10 heteroatoms. The van der Waals surface area contributed by atoms with Crippen molar-refractivity contribution in [3.63, 3.8) is 0 Å². The van der Waals surface area contributed by atoms with E-state index in [2.05, 4.69) is 26.0 Å². The van der Waals surface area contributed by atoms with E-state index in [0.29, 0.717) is 15.6 Å². The summed E-state index contributed by atoms with van der Waals surface area (Å²) in [5, 5.41) is 2.51. The summed E-state index contributed by atoms with van der Waals surface area (Å²) in [5.74, 6) is -1.45. The second-order valence-electron chi connectivity index (χ2n) is 7.57. The highest BCUT2D eigenvalue weighted by molar-refractivity contribution is 9.10. The van der Waals surface area contributed by atoms with Crippen LogP contribution in [0.4, 0.5) is 4.79 Å². The van der Waals surface area contributed by atoms with E-state index >= 15 is 0 Å². The zero-order valence-corrected chi connectivity index (χ0v) is 20.2. The fourth-order valence-electron chi connectivity index (χ4n) is 3.27. The number of carbonyl (C=O) groups is 4. The Balaban J connectivity index is 1.55. The summed E-state index contributed by atoms with van der Waals surface area (Å²) < 4.78 is 16.2. The van der Waals surface area contributed by atoms with Crippen LogP contribution in [0.25, 0.3) is 6.08 Å². The van der Waals surface area contributed by atoms with Crippen LogP contribution in [0.1, 0.15) is 37.8 Å². The Morgan fingerprint density at radius 3 is 2.51 bits per heavy atom. The molecule has 1 aromatic heterocycles. The van der Waals surface area contributed by atoms with Gasteiger partial charge in [0.15, 0.2) is 0 Å². The number of benzene rings is 2. The maximum absolute atomic E-state index is 12.9. The zero-order valence-electron chi connectivity index (χ0n) is 18.7. The highest BCUT2D eigenvalue weighted by Gasteiger charge is 2.34. The molecule has 0 saturated carbocycles. The van der Waals surface area contributed by atoms with Crippen molar-refractivity contribution in [3.05, 3.63) is 93.0 Å². The van der Waals surface area contributed by atoms with Crippen molar-refractivity contribution in [2.75, 3.05) is 7.11 Å². The van der Waals surface area contributed by atoms with E-state index in [4.69, 9.17) is 9.15 Å². The smallest absolute Gasteiger partial charge is 0.373 e. The number of rotatable bonds is 6. The summed E-state index contributed by atoms with van der Waals surface area (Å²) in [6.45, 7) is 1.72. The molecule has 0 unspecified atom stereocenters. The quantitative estimate of drug-likeness (QED) is 0.213. The van der Waals surface area contributed by atoms with Gasteiger partial charge in [-0.1, -0.05) is 33.6 Å². The van der Waals surface area contributed by atoms with Gasteiger partial charge in [-0.2, -0.15) is 0 Å². The standard InChI is InChI=1S/C25H19BrN2O7/c1-14-3-5-15(6-4-14)23(30)35-20-9-7-17(26)11-16(20)12-19-22(29)28(25(32)27-19)13-18-8-10-21(34-18)24(31)33-2/h3-12H,13H2,1-2H3,(H,27,32)/b19-12+. The van der Waals surface area contributed by atoms with E-state index in [-0.39, 0.29) is 29.5 Å². The molecule has 178 valence electrons. The minimum atomic E-state index is -0.670. The number of imide groups is 1. The molecule has 1 saturated heterocycles. The number of methoxy groups -OCH3 is 1. The van der Waals surface area contributed by atoms with Crippen LogP contribution < -0.4 is 10.1 Å². The third kappa shape index (κ3) is 5.33. The molecule has 1 aliphatic rings. The van der Waals surface area contributed by atoms with Crippen LogP contribution in [-0.2, 0) is 16.1 Å². The van der Waals surface area contributed by atoms with Crippen molar-refractivity contribution in [2.45, 2.75) is 13.5 Å². The first-order chi connectivity index (χ1) is 16.7. The van der Waals surface area contributed by atoms with E-state index in [1.165, 1.54) is 25.3 Å². The number of furan rings is 1. The Bertz CT molecular complexity index is 1360. The highest BCUT2D eigenvalue weighted by Crippen LogP contribution is 2.28. The average molecular weight is 539 g/mol. The van der Waals surface area contributed by atoms with Crippen LogP contribution in [0.15, 0.2) is 69.2 Å². The lowest BCUT2D eigenvalue weighted by atomic mass is 10.1. The summed E-state index contributed by atoms with van der Waals surface area (Å²) in [4.78, 5) is 50.5. The van der Waals surface area contributed by atoms with E-state index in [0.717, 1.165) is 10.5 Å². The molecule has 1 N–H and O–H groups in total. The van der Waals surface area contributed by atoms with Gasteiger partial charge in [0.25, 0.3) is 5.91 Å². The molecule has 0 bridgehead atoms. The Hall–Kier alpha value is -4.18. The second-order valence-corrected chi connectivity index (χ2v) is 8.49. The highest BCUT2D eigenvalue weighted by atomic mass is 79.9. The fourth-order valence-corrected chi connectivity index (χ4v) is 3.65. The first-order valence-corrected chi connectivity index (χ1v) is 11.1. The second kappa shape index (κ2) is 9.98. The predicted octanol–water partition coefficient (Wildman–Crippen LogP) is 4.45. The maximum atomic E-state index is 12.9. The number of nitrogens with one attached hydrogen (secondary N) is 1. The SMILES string of the molecule is COC(=O)c1ccc(CN2C(=O)N/C(=C/c3cc(Br)ccc3OC(=O)c3ccc(C)cc3)C2=O)o1. The first-order valence-electron chi connectivity index (χ1n) is 10.3. The van der Waals surface area contributed by atoms with Crippen molar-refractivity contribution in [1.29, 1.82) is 0 Å². The van der Waals surface area contributed by atoms with Gasteiger partial charge in [0.05, 0.1) is 19.2 Å². The fraction of sp³-hybridized carbons (Fsp3) is 0.120. The number of hydrogen-bond acceptors (Lipinski definition) is 7. The van der Waals surface area contributed by atoms with Crippen LogP contribution in [0.2, 0.25) is 0 Å². The number of nitrogens with zero attached hydrogens (tertiary/aromatic N) is 1. The van der Waals surface area contributed by atoms with Gasteiger partial charge < -0.3 is 19.2 Å². The largest absolute Gasteiger partial charge is 0.463 e. The summed E-state index contributed by atoms with van der Waals surface area (Å²) in [6.07, 6.45) is 1.42. The summed E-state index contributed by atoms with van der Waals surface area (Å²) in [5.41, 5.74) is 1.77. The van der Waals surface area contributed by atoms with Crippen molar-refractivity contribution in [1.82, 2.24) is 10.2 Å². The van der Waals surface area contributed by atoms with Gasteiger partial charge in [0.2, 0.25) is 5.76 Å². The molecule has 0 spiro atoms. The van der Waals surface area contributed by atoms with Gasteiger partial charge >= 0.3 is 18.0 Å². The molecule has 1 fully saturated rings. The van der Waals surface area contributed by atoms with Gasteiger partial charge in [0.1, 0.15) is 17.2 Å². The molecule has 0 radical (unpaired) electrons. The van der Waals surface area contributed by atoms with Crippen LogP contribution in [0, 0.1) is 6.92 Å². The molecule has 0 atom stereocenters. The average Bonchev–Trinajstić information content (AvgIpc) is 3.41. The molecular weight excluding hydrogens is 520 g/mol. The minimum absolute atomic E-state index is 0.0134. The molecule has 2 heterocycles. The van der Waals surface area contributed by atoms with Crippen molar-refractivity contribution in [2.24, 2.45) is 0 Å². The van der Waals surface area contributed by atoms with Gasteiger partial charge in [0, 0.05) is 10.0 Å². The van der Waals surface area contributed by atoms with Gasteiger partial charge in [-0.25, -0.2) is 14.4 Å². The Morgan fingerprint density at radius 1 is 1.06 bits per heavy atom. The van der Waals surface area contributed by atoms with Crippen molar-refractivity contribution < 1.29 is 33.1 Å². The topological polar surface area (TPSA) is 115 Å². The molecule has 2 aromatic carbocycles. The lowest BCUT2D eigenvalue weighted by molar-refractivity contribution is -0.123. The van der Waals surface area contributed by atoms with Crippen LogP contribution in [0.5, 0.6) is 5.75 Å². The summed E-state index contributed by atoms with van der Waals surface area (Å²) in [6, 6.07) is 14.1. The monoisotopic (exact) mass is 538 g/mol. The number of urea groups is 1. The summed E-state index contributed by atoms with van der Waals surface area (Å²) in [7, 11) is 1.22. The Kier molecular flexibility index (Phi) is 6.83. The maximum Gasteiger partial charge on any atom is 0.373 e. The molecule has 3 aromatic rings. The Morgan fingerprint density at radius 2 is 1.80 bits per heavy atom. The Labute approximate surface area is 208 Å². The third-order valence-corrected chi connectivity index (χ3v) is 5.58. The predicted molar refractivity (Wildman–Crippen MR) is 127 cm³/mol. The van der Waals surface area contributed by atoms with Crippen molar-refractivity contribution >= 4 is 45.9 Å². The van der Waals surface area contributed by atoms with Crippen LogP contribution >= 0.6 is 15.9 Å². The van der Waals surface area contributed by atoms with E-state index in [1.807, 2.05) is 6.92 Å². The molecule has 1 aliphatic heterocycles. The lowest BCUT2D eigenvalue weighted by Crippen LogP contribution is -2.30. The third-order valence-electron chi connectivity index (χ3n) is 5.09. The molecule has 4 rings (SSSR count). The van der Waals surface area contributed by atoms with E-state index in [1.54, 1.807) is 42.5 Å². The number of ether oxygens (including phenoxy) is 2. The minimum Gasteiger partial charge on any atom is -0.463 e. The van der Waals surface area contributed by atoms with Gasteiger partial charge in [-0.3, -0.25) is 9.69 Å². The number of amides is 3. The first kappa shape index (κ1) is 24.0. The van der Waals surface area contributed by atoms with E-state index < -0.39 is 23.9 Å². The van der Waals surface area contributed by atoms with Crippen LogP contribution in [-0.4, -0.2) is 35.9 Å². The molecule has 3 amide bonds. The molecular formula is C25H19BrN2O7. The number of esters is 2. The van der Waals surface area contributed by atoms with Crippen LogP contribution in [0.3, 0.4) is 0 Å². The number of halogens is 1. The van der Waals surface area contributed by atoms with Gasteiger partial charge in [-0.15, -0.1) is 0 Å². The number of hydrogen-bond donors (Lipinski definition) is 1.